The Morgan fingerprint density at radius 3 is 2.39 bits per heavy atom. The molecule has 1 aromatic carbocycles. The van der Waals surface area contributed by atoms with Gasteiger partial charge in [-0.2, -0.15) is 0 Å². The standard InChI is InChI=1S/C12H10BrCl2NOS/c13-12-2-1-11(18-12)10(6-16)17-9-4-7(14)3-8(15)5-9/h1-5,10H,6,16H2. The molecule has 0 aliphatic heterocycles. The van der Waals surface area contributed by atoms with Crippen LogP contribution in [-0.4, -0.2) is 6.54 Å². The van der Waals surface area contributed by atoms with Crippen LogP contribution in [0.1, 0.15) is 11.0 Å². The van der Waals surface area contributed by atoms with E-state index in [1.165, 1.54) is 0 Å². The molecule has 0 aliphatic carbocycles. The highest BCUT2D eigenvalue weighted by Gasteiger charge is 2.14. The maximum absolute atomic E-state index is 5.93. The molecule has 2 rings (SSSR count). The van der Waals surface area contributed by atoms with E-state index in [1.54, 1.807) is 29.5 Å². The van der Waals surface area contributed by atoms with Gasteiger partial charge in [0.1, 0.15) is 11.9 Å². The van der Waals surface area contributed by atoms with Crippen molar-refractivity contribution in [2.24, 2.45) is 5.73 Å². The van der Waals surface area contributed by atoms with Crippen molar-refractivity contribution in [3.8, 4) is 5.75 Å². The van der Waals surface area contributed by atoms with Crippen LogP contribution >= 0.6 is 50.5 Å². The highest BCUT2D eigenvalue weighted by molar-refractivity contribution is 9.11. The fraction of sp³-hybridized carbons (Fsp3) is 0.167. The van der Waals surface area contributed by atoms with Crippen LogP contribution in [0, 0.1) is 0 Å². The van der Waals surface area contributed by atoms with E-state index in [1.807, 2.05) is 12.1 Å². The molecule has 0 spiro atoms. The van der Waals surface area contributed by atoms with Gasteiger partial charge < -0.3 is 10.5 Å². The number of nitrogens with two attached hydrogens (primary N) is 1. The second kappa shape index (κ2) is 6.26. The molecular weight excluding hydrogens is 357 g/mol. The number of ether oxygens (including phenoxy) is 1. The van der Waals surface area contributed by atoms with Crippen molar-refractivity contribution in [3.05, 3.63) is 49.0 Å². The van der Waals surface area contributed by atoms with Crippen molar-refractivity contribution in [2.75, 3.05) is 6.54 Å². The molecule has 6 heteroatoms. The van der Waals surface area contributed by atoms with Crippen molar-refractivity contribution < 1.29 is 4.74 Å². The summed E-state index contributed by atoms with van der Waals surface area (Å²) in [6.07, 6.45) is -0.198. The average molecular weight is 367 g/mol. The minimum Gasteiger partial charge on any atom is -0.483 e. The molecule has 0 saturated carbocycles. The molecule has 0 fully saturated rings. The Bertz CT molecular complexity index is 526. The van der Waals surface area contributed by atoms with Crippen molar-refractivity contribution in [1.29, 1.82) is 0 Å². The van der Waals surface area contributed by atoms with Crippen LogP contribution in [0.25, 0.3) is 0 Å². The van der Waals surface area contributed by atoms with E-state index in [0.717, 1.165) is 8.66 Å². The van der Waals surface area contributed by atoms with Gasteiger partial charge in [0.05, 0.1) is 3.79 Å². The molecule has 2 aromatic rings. The van der Waals surface area contributed by atoms with Gasteiger partial charge in [0.2, 0.25) is 0 Å². The van der Waals surface area contributed by atoms with Crippen molar-refractivity contribution >= 4 is 50.5 Å². The third-order valence-electron chi connectivity index (χ3n) is 2.24. The molecule has 1 aromatic heterocycles. The number of benzene rings is 1. The smallest absolute Gasteiger partial charge is 0.145 e. The maximum Gasteiger partial charge on any atom is 0.145 e. The van der Waals surface area contributed by atoms with Crippen LogP contribution in [-0.2, 0) is 0 Å². The Balaban J connectivity index is 2.20. The lowest BCUT2D eigenvalue weighted by atomic mass is 10.3. The molecule has 1 heterocycles. The minimum absolute atomic E-state index is 0.198. The van der Waals surface area contributed by atoms with Crippen LogP contribution in [0.3, 0.4) is 0 Å². The van der Waals surface area contributed by atoms with Gasteiger partial charge in [0.15, 0.2) is 0 Å². The summed E-state index contributed by atoms with van der Waals surface area (Å²) in [5.74, 6) is 0.618. The second-order valence-corrected chi connectivity index (χ2v) is 6.96. The summed E-state index contributed by atoms with van der Waals surface area (Å²) >= 11 is 16.9. The molecule has 0 amide bonds. The first-order valence-electron chi connectivity index (χ1n) is 5.16. The van der Waals surface area contributed by atoms with Gasteiger partial charge in [-0.05, 0) is 46.3 Å². The van der Waals surface area contributed by atoms with Crippen LogP contribution in [0.15, 0.2) is 34.1 Å². The summed E-state index contributed by atoms with van der Waals surface area (Å²) in [6, 6.07) is 9.06. The van der Waals surface area contributed by atoms with Crippen molar-refractivity contribution in [3.63, 3.8) is 0 Å². The normalized spacial score (nSPS) is 12.4. The first-order valence-corrected chi connectivity index (χ1v) is 7.53. The van der Waals surface area contributed by atoms with Crippen LogP contribution in [0.4, 0.5) is 0 Å². The SMILES string of the molecule is NCC(Oc1cc(Cl)cc(Cl)c1)c1ccc(Br)s1. The number of thiophene rings is 1. The van der Waals surface area contributed by atoms with Gasteiger partial charge in [0, 0.05) is 21.5 Å². The van der Waals surface area contributed by atoms with Crippen LogP contribution in [0.5, 0.6) is 5.75 Å². The maximum atomic E-state index is 5.93. The summed E-state index contributed by atoms with van der Waals surface area (Å²) in [5, 5.41) is 1.08. The molecule has 0 saturated heterocycles. The van der Waals surface area contributed by atoms with E-state index in [0.29, 0.717) is 22.3 Å². The summed E-state index contributed by atoms with van der Waals surface area (Å²) in [4.78, 5) is 1.06. The number of hydrogen-bond acceptors (Lipinski definition) is 3. The molecule has 2 nitrogen and oxygen atoms in total. The van der Waals surface area contributed by atoms with Gasteiger partial charge in [0.25, 0.3) is 0 Å². The van der Waals surface area contributed by atoms with E-state index in [-0.39, 0.29) is 6.10 Å². The number of halogens is 3. The largest absolute Gasteiger partial charge is 0.483 e. The molecule has 1 unspecified atom stereocenters. The third kappa shape index (κ3) is 3.62. The average Bonchev–Trinajstić information content (AvgIpc) is 2.71. The van der Waals surface area contributed by atoms with Crippen LogP contribution < -0.4 is 10.5 Å². The first kappa shape index (κ1) is 14.2. The molecule has 96 valence electrons. The molecule has 1 atom stereocenters. The lowest BCUT2D eigenvalue weighted by Gasteiger charge is -2.16. The van der Waals surface area contributed by atoms with Gasteiger partial charge in [-0.15, -0.1) is 11.3 Å². The Hall–Kier alpha value is -0.260. The Morgan fingerprint density at radius 1 is 1.22 bits per heavy atom. The summed E-state index contributed by atoms with van der Waals surface area (Å²) in [6.45, 7) is 0.386. The zero-order chi connectivity index (χ0) is 13.1. The highest BCUT2D eigenvalue weighted by Crippen LogP contribution is 2.32. The molecule has 0 radical (unpaired) electrons. The molecule has 0 bridgehead atoms. The Kier molecular flexibility index (Phi) is 4.92. The zero-order valence-electron chi connectivity index (χ0n) is 9.20. The predicted molar refractivity (Wildman–Crippen MR) is 80.9 cm³/mol. The first-order chi connectivity index (χ1) is 8.58. The van der Waals surface area contributed by atoms with Crippen molar-refractivity contribution in [2.45, 2.75) is 6.10 Å². The quantitative estimate of drug-likeness (QED) is 0.835. The second-order valence-electron chi connectivity index (χ2n) is 3.59. The van der Waals surface area contributed by atoms with Crippen LogP contribution in [0.2, 0.25) is 10.0 Å². The van der Waals surface area contributed by atoms with Gasteiger partial charge in [-0.1, -0.05) is 23.2 Å². The van der Waals surface area contributed by atoms with E-state index in [9.17, 15) is 0 Å². The minimum atomic E-state index is -0.198. The molecule has 18 heavy (non-hydrogen) atoms. The monoisotopic (exact) mass is 365 g/mol. The molecule has 2 N–H and O–H groups in total. The van der Waals surface area contributed by atoms with E-state index < -0.39 is 0 Å². The fourth-order valence-electron chi connectivity index (χ4n) is 1.48. The van der Waals surface area contributed by atoms with Gasteiger partial charge in [-0.3, -0.25) is 0 Å². The Morgan fingerprint density at radius 2 is 1.89 bits per heavy atom. The number of hydrogen-bond donors (Lipinski definition) is 1. The summed E-state index contributed by atoms with van der Waals surface area (Å²) in [5.41, 5.74) is 5.74. The molecular formula is C12H10BrCl2NOS. The highest BCUT2D eigenvalue weighted by atomic mass is 79.9. The van der Waals surface area contributed by atoms with Crippen molar-refractivity contribution in [1.82, 2.24) is 0 Å². The fourth-order valence-corrected chi connectivity index (χ4v) is 3.46. The topological polar surface area (TPSA) is 35.2 Å². The summed E-state index contributed by atoms with van der Waals surface area (Å²) in [7, 11) is 0. The third-order valence-corrected chi connectivity index (χ3v) is 4.39. The van der Waals surface area contributed by atoms with Gasteiger partial charge in [-0.25, -0.2) is 0 Å². The zero-order valence-corrected chi connectivity index (χ0v) is 13.1. The Labute approximate surface area is 128 Å². The predicted octanol–water partition coefficient (Wildman–Crippen LogP) is 4.90. The van der Waals surface area contributed by atoms with E-state index in [4.69, 9.17) is 33.7 Å². The summed E-state index contributed by atoms with van der Waals surface area (Å²) < 4.78 is 6.87. The molecule has 0 aliphatic rings. The van der Waals surface area contributed by atoms with E-state index >= 15 is 0 Å². The van der Waals surface area contributed by atoms with Gasteiger partial charge >= 0.3 is 0 Å². The lowest BCUT2D eigenvalue weighted by molar-refractivity contribution is 0.218. The lowest BCUT2D eigenvalue weighted by Crippen LogP contribution is -2.17. The number of rotatable bonds is 4. The van der Waals surface area contributed by atoms with E-state index in [2.05, 4.69) is 15.9 Å².